The van der Waals surface area contributed by atoms with Crippen molar-refractivity contribution in [2.45, 2.75) is 40.3 Å². The quantitative estimate of drug-likeness (QED) is 0.471. The maximum absolute atomic E-state index is 11.8. The Morgan fingerprint density at radius 2 is 1.96 bits per heavy atom. The summed E-state index contributed by atoms with van der Waals surface area (Å²) < 4.78 is 5.59. The summed E-state index contributed by atoms with van der Waals surface area (Å²) in [6.45, 7) is 8.40. The standard InChI is InChI=1S/C16H26N2O2.CH2O2/c1-12(2)15(20-16(19)13(3)4)18(5)11-9-14-8-6-7-10-17-14;2-1-3/h6-8,10,12-13,15H,9,11H2,1-5H3;1H,(H,2,3). The molecule has 0 amide bonds. The van der Waals surface area contributed by atoms with Gasteiger partial charge in [-0.1, -0.05) is 33.8 Å². The smallest absolute Gasteiger partial charge is 0.309 e. The molecule has 0 bridgehead atoms. The largest absolute Gasteiger partial charge is 0.483 e. The first kappa shape index (κ1) is 21.0. The van der Waals surface area contributed by atoms with Crippen LogP contribution in [0.4, 0.5) is 0 Å². The Kier molecular flexibility index (Phi) is 10.6. The van der Waals surface area contributed by atoms with Crippen molar-refractivity contribution in [3.8, 4) is 0 Å². The van der Waals surface area contributed by atoms with Crippen LogP contribution in [0.2, 0.25) is 0 Å². The number of esters is 1. The summed E-state index contributed by atoms with van der Waals surface area (Å²) in [5.41, 5.74) is 1.05. The number of hydrogen-bond donors (Lipinski definition) is 1. The molecule has 0 saturated heterocycles. The summed E-state index contributed by atoms with van der Waals surface area (Å²) >= 11 is 0. The molecule has 1 N–H and O–H groups in total. The zero-order valence-electron chi connectivity index (χ0n) is 14.6. The molecule has 1 heterocycles. The molecule has 1 atom stereocenters. The first-order valence-corrected chi connectivity index (χ1v) is 7.71. The molecular formula is C17H28N2O4. The van der Waals surface area contributed by atoms with Crippen LogP contribution in [0.25, 0.3) is 0 Å². The lowest BCUT2D eigenvalue weighted by atomic mass is 10.1. The summed E-state index contributed by atoms with van der Waals surface area (Å²) in [7, 11) is 1.99. The summed E-state index contributed by atoms with van der Waals surface area (Å²) in [6, 6.07) is 5.91. The Labute approximate surface area is 138 Å². The first-order chi connectivity index (χ1) is 10.8. The summed E-state index contributed by atoms with van der Waals surface area (Å²) in [4.78, 5) is 26.5. The molecule has 0 aromatic carbocycles. The van der Waals surface area contributed by atoms with E-state index in [0.29, 0.717) is 0 Å². The van der Waals surface area contributed by atoms with Crippen molar-refractivity contribution in [3.05, 3.63) is 30.1 Å². The number of rotatable bonds is 7. The summed E-state index contributed by atoms with van der Waals surface area (Å²) in [6.07, 6.45) is 2.46. The van der Waals surface area contributed by atoms with Gasteiger partial charge in [0.1, 0.15) is 0 Å². The fourth-order valence-corrected chi connectivity index (χ4v) is 1.95. The Bertz CT molecular complexity index is 449. The van der Waals surface area contributed by atoms with E-state index >= 15 is 0 Å². The lowest BCUT2D eigenvalue weighted by Crippen LogP contribution is -2.41. The Balaban J connectivity index is 0.00000149. The summed E-state index contributed by atoms with van der Waals surface area (Å²) in [5.74, 6) is 0.0141. The van der Waals surface area contributed by atoms with E-state index in [-0.39, 0.29) is 30.5 Å². The third kappa shape index (κ3) is 8.93. The maximum Gasteiger partial charge on any atom is 0.309 e. The van der Waals surface area contributed by atoms with Crippen LogP contribution in [0.1, 0.15) is 33.4 Å². The molecule has 0 aliphatic heterocycles. The van der Waals surface area contributed by atoms with Gasteiger partial charge in [-0.05, 0) is 19.2 Å². The van der Waals surface area contributed by atoms with Crippen LogP contribution < -0.4 is 0 Å². The van der Waals surface area contributed by atoms with Gasteiger partial charge in [0.15, 0.2) is 6.23 Å². The van der Waals surface area contributed by atoms with Crippen molar-refractivity contribution in [1.29, 1.82) is 0 Å². The molecule has 0 radical (unpaired) electrons. The van der Waals surface area contributed by atoms with Gasteiger partial charge in [0, 0.05) is 30.8 Å². The number of pyridine rings is 1. The molecule has 1 unspecified atom stereocenters. The molecule has 23 heavy (non-hydrogen) atoms. The first-order valence-electron chi connectivity index (χ1n) is 7.71. The van der Waals surface area contributed by atoms with Crippen molar-refractivity contribution >= 4 is 12.4 Å². The van der Waals surface area contributed by atoms with E-state index in [2.05, 4.69) is 23.7 Å². The zero-order valence-corrected chi connectivity index (χ0v) is 14.6. The molecule has 0 aliphatic rings. The van der Waals surface area contributed by atoms with Crippen LogP contribution in [0.15, 0.2) is 24.4 Å². The number of hydrogen-bond acceptors (Lipinski definition) is 5. The van der Waals surface area contributed by atoms with Gasteiger partial charge in [-0.25, -0.2) is 0 Å². The second-order valence-electron chi connectivity index (χ2n) is 5.88. The molecular weight excluding hydrogens is 296 g/mol. The third-order valence-corrected chi connectivity index (χ3v) is 3.16. The molecule has 0 saturated carbocycles. The highest BCUT2D eigenvalue weighted by atomic mass is 16.6. The molecule has 1 rings (SSSR count). The minimum atomic E-state index is -0.250. The second-order valence-corrected chi connectivity index (χ2v) is 5.88. The van der Waals surface area contributed by atoms with Crippen LogP contribution in [0.3, 0.4) is 0 Å². The minimum Gasteiger partial charge on any atom is -0.483 e. The zero-order chi connectivity index (χ0) is 17.8. The van der Waals surface area contributed by atoms with Crippen LogP contribution in [0, 0.1) is 11.8 Å². The highest BCUT2D eigenvalue weighted by Gasteiger charge is 2.24. The molecule has 6 heteroatoms. The molecule has 0 spiro atoms. The number of ether oxygens (including phenoxy) is 1. The average Bonchev–Trinajstić information content (AvgIpc) is 2.51. The van der Waals surface area contributed by atoms with Gasteiger partial charge in [0.25, 0.3) is 6.47 Å². The van der Waals surface area contributed by atoms with Gasteiger partial charge < -0.3 is 9.84 Å². The maximum atomic E-state index is 11.8. The molecule has 1 aromatic heterocycles. The lowest BCUT2D eigenvalue weighted by molar-refractivity contribution is -0.166. The highest BCUT2D eigenvalue weighted by molar-refractivity contribution is 5.71. The SMILES string of the molecule is CC(C)C(=O)OC(C(C)C)N(C)CCc1ccccn1.O=CO. The predicted octanol–water partition coefficient (Wildman–Crippen LogP) is 2.44. The van der Waals surface area contributed by atoms with E-state index < -0.39 is 0 Å². The molecule has 6 nitrogen and oxygen atoms in total. The van der Waals surface area contributed by atoms with E-state index in [9.17, 15) is 4.79 Å². The van der Waals surface area contributed by atoms with E-state index in [0.717, 1.165) is 18.7 Å². The van der Waals surface area contributed by atoms with E-state index in [1.54, 1.807) is 6.20 Å². The van der Waals surface area contributed by atoms with E-state index in [1.807, 2.05) is 39.1 Å². The monoisotopic (exact) mass is 324 g/mol. The number of carboxylic acid groups (broad SMARTS) is 1. The van der Waals surface area contributed by atoms with Crippen molar-refractivity contribution in [2.24, 2.45) is 11.8 Å². The Hall–Kier alpha value is -1.95. The molecule has 1 aromatic rings. The van der Waals surface area contributed by atoms with E-state index in [1.165, 1.54) is 0 Å². The normalized spacial score (nSPS) is 11.8. The minimum absolute atomic E-state index is 0.0968. The fraction of sp³-hybridized carbons (Fsp3) is 0.588. The van der Waals surface area contributed by atoms with Gasteiger partial charge >= 0.3 is 5.97 Å². The third-order valence-electron chi connectivity index (χ3n) is 3.16. The molecule has 130 valence electrons. The number of nitrogens with zero attached hydrogens (tertiary/aromatic N) is 2. The summed E-state index contributed by atoms with van der Waals surface area (Å²) in [5, 5.41) is 6.89. The van der Waals surface area contributed by atoms with Crippen LogP contribution in [-0.4, -0.2) is 47.3 Å². The Morgan fingerprint density at radius 1 is 1.35 bits per heavy atom. The fourth-order valence-electron chi connectivity index (χ4n) is 1.95. The van der Waals surface area contributed by atoms with Gasteiger partial charge in [-0.3, -0.25) is 19.5 Å². The average molecular weight is 324 g/mol. The second kappa shape index (κ2) is 11.6. The topological polar surface area (TPSA) is 79.7 Å². The predicted molar refractivity (Wildman–Crippen MR) is 88.8 cm³/mol. The Morgan fingerprint density at radius 3 is 2.39 bits per heavy atom. The number of likely N-dealkylation sites (N-methyl/N-ethyl adjacent to an activating group) is 1. The number of carbonyl (C=O) groups excluding carboxylic acids is 1. The van der Waals surface area contributed by atoms with Crippen molar-refractivity contribution in [2.75, 3.05) is 13.6 Å². The van der Waals surface area contributed by atoms with Gasteiger partial charge in [-0.15, -0.1) is 0 Å². The van der Waals surface area contributed by atoms with Gasteiger partial charge in [0.2, 0.25) is 0 Å². The van der Waals surface area contributed by atoms with Crippen molar-refractivity contribution in [1.82, 2.24) is 9.88 Å². The van der Waals surface area contributed by atoms with Gasteiger partial charge in [0.05, 0.1) is 5.92 Å². The molecule has 0 aliphatic carbocycles. The van der Waals surface area contributed by atoms with Crippen LogP contribution in [0.5, 0.6) is 0 Å². The highest BCUT2D eigenvalue weighted by Crippen LogP contribution is 2.14. The van der Waals surface area contributed by atoms with E-state index in [4.69, 9.17) is 14.6 Å². The van der Waals surface area contributed by atoms with Crippen LogP contribution >= 0.6 is 0 Å². The van der Waals surface area contributed by atoms with Crippen molar-refractivity contribution in [3.63, 3.8) is 0 Å². The van der Waals surface area contributed by atoms with Crippen LogP contribution in [-0.2, 0) is 20.7 Å². The lowest BCUT2D eigenvalue weighted by Gasteiger charge is -2.31. The molecule has 0 fully saturated rings. The number of carbonyl (C=O) groups is 2. The van der Waals surface area contributed by atoms with Crippen molar-refractivity contribution < 1.29 is 19.4 Å². The van der Waals surface area contributed by atoms with Gasteiger partial charge in [-0.2, -0.15) is 0 Å². The number of aromatic nitrogens is 1.